The molecule has 1 aromatic heterocycles. The Balaban J connectivity index is 2.50. The van der Waals surface area contributed by atoms with E-state index in [1.165, 1.54) is 0 Å². The molecule has 0 atom stereocenters. The lowest BCUT2D eigenvalue weighted by Crippen LogP contribution is -2.00. The first-order chi connectivity index (χ1) is 8.24. The van der Waals surface area contributed by atoms with E-state index < -0.39 is 0 Å². The third-order valence-electron chi connectivity index (χ3n) is 2.36. The van der Waals surface area contributed by atoms with Gasteiger partial charge in [-0.05, 0) is 18.6 Å². The third kappa shape index (κ3) is 2.64. The maximum Gasteiger partial charge on any atom is 0.193 e. The smallest absolute Gasteiger partial charge is 0.193 e. The monoisotopic (exact) mass is 250 g/mol. The molecule has 90 valence electrons. The largest absolute Gasteiger partial charge is 0.497 e. The lowest BCUT2D eigenvalue weighted by Gasteiger charge is -2.03. The van der Waals surface area contributed by atoms with Crippen LogP contribution < -0.4 is 10.2 Å². The van der Waals surface area contributed by atoms with Crippen LogP contribution in [0.15, 0.2) is 38.6 Å². The minimum absolute atomic E-state index is 0.00694. The molecule has 0 spiro atoms. The van der Waals surface area contributed by atoms with E-state index in [1.54, 1.807) is 43.1 Å². The molecule has 0 aliphatic rings. The maximum absolute atomic E-state index is 11.8. The molecule has 0 saturated heterocycles. The first-order valence-corrected chi connectivity index (χ1v) is 6.48. The molecule has 0 radical (unpaired) electrons. The second kappa shape index (κ2) is 5.27. The van der Waals surface area contributed by atoms with Crippen molar-refractivity contribution in [2.75, 3.05) is 12.9 Å². The fraction of sp³-hybridized carbons (Fsp3) is 0.308. The van der Waals surface area contributed by atoms with Crippen LogP contribution in [-0.2, 0) is 0 Å². The molecule has 1 aromatic carbocycles. The number of fused-ring (bicyclic) bond motifs is 1. The minimum atomic E-state index is -0.00694. The van der Waals surface area contributed by atoms with Crippen LogP contribution in [-0.4, -0.2) is 12.9 Å². The zero-order chi connectivity index (χ0) is 12.3. The molecule has 4 heteroatoms. The van der Waals surface area contributed by atoms with Crippen molar-refractivity contribution in [1.82, 2.24) is 0 Å². The van der Waals surface area contributed by atoms with Gasteiger partial charge in [-0.25, -0.2) is 0 Å². The molecule has 0 fully saturated rings. The van der Waals surface area contributed by atoms with E-state index in [0.29, 0.717) is 21.8 Å². The summed E-state index contributed by atoms with van der Waals surface area (Å²) >= 11 is 1.56. The first kappa shape index (κ1) is 12.0. The molecule has 0 unspecified atom stereocenters. The van der Waals surface area contributed by atoms with Gasteiger partial charge in [0.2, 0.25) is 0 Å². The van der Waals surface area contributed by atoms with Gasteiger partial charge >= 0.3 is 0 Å². The summed E-state index contributed by atoms with van der Waals surface area (Å²) in [4.78, 5) is 11.8. The van der Waals surface area contributed by atoms with Crippen molar-refractivity contribution in [3.05, 3.63) is 34.5 Å². The zero-order valence-electron chi connectivity index (χ0n) is 9.86. The number of methoxy groups -OCH3 is 1. The van der Waals surface area contributed by atoms with Crippen LogP contribution in [0, 0.1) is 0 Å². The van der Waals surface area contributed by atoms with Gasteiger partial charge in [0.1, 0.15) is 11.3 Å². The second-order valence-corrected chi connectivity index (χ2v) is 4.74. The van der Waals surface area contributed by atoms with Crippen LogP contribution in [0.1, 0.15) is 13.3 Å². The summed E-state index contributed by atoms with van der Waals surface area (Å²) in [5, 5.41) is 1.25. The Kier molecular flexibility index (Phi) is 3.74. The summed E-state index contributed by atoms with van der Waals surface area (Å²) in [7, 11) is 1.59. The van der Waals surface area contributed by atoms with Crippen LogP contribution in [0.3, 0.4) is 0 Å². The van der Waals surface area contributed by atoms with Gasteiger partial charge in [0.05, 0.1) is 12.5 Å². The highest BCUT2D eigenvalue weighted by Crippen LogP contribution is 2.24. The van der Waals surface area contributed by atoms with Crippen LogP contribution in [0.5, 0.6) is 5.75 Å². The zero-order valence-corrected chi connectivity index (χ0v) is 10.7. The van der Waals surface area contributed by atoms with Crippen molar-refractivity contribution in [2.24, 2.45) is 0 Å². The second-order valence-electron chi connectivity index (χ2n) is 3.64. The highest BCUT2D eigenvalue weighted by molar-refractivity contribution is 7.99. The molecule has 0 aliphatic heterocycles. The molecule has 1 heterocycles. The van der Waals surface area contributed by atoms with Gasteiger partial charge in [-0.2, -0.15) is 0 Å². The average molecular weight is 250 g/mol. The van der Waals surface area contributed by atoms with E-state index in [0.717, 1.165) is 12.2 Å². The lowest BCUT2D eigenvalue weighted by atomic mass is 10.2. The number of thioether (sulfide) groups is 1. The van der Waals surface area contributed by atoms with E-state index in [2.05, 4.69) is 6.92 Å². The third-order valence-corrected chi connectivity index (χ3v) is 3.46. The van der Waals surface area contributed by atoms with Gasteiger partial charge in [0.15, 0.2) is 10.5 Å². The predicted molar refractivity (Wildman–Crippen MR) is 70.1 cm³/mol. The Morgan fingerprint density at radius 3 is 2.88 bits per heavy atom. The Bertz CT molecular complexity index is 574. The van der Waals surface area contributed by atoms with Gasteiger partial charge in [-0.1, -0.05) is 18.7 Å². The lowest BCUT2D eigenvalue weighted by molar-refractivity contribution is 0.413. The fourth-order valence-corrected chi connectivity index (χ4v) is 2.26. The predicted octanol–water partition coefficient (Wildman–Crippen LogP) is 3.30. The van der Waals surface area contributed by atoms with Gasteiger partial charge in [-0.15, -0.1) is 0 Å². The number of hydrogen-bond acceptors (Lipinski definition) is 4. The maximum atomic E-state index is 11.8. The number of rotatable bonds is 4. The van der Waals surface area contributed by atoms with Crippen molar-refractivity contribution in [3.8, 4) is 5.75 Å². The minimum Gasteiger partial charge on any atom is -0.497 e. The standard InChI is InChI=1S/C13H14O3S/c1-3-6-17-13-8-11(14)10-5-4-9(15-2)7-12(10)16-13/h4-5,7-8H,3,6H2,1-2H3. The van der Waals surface area contributed by atoms with E-state index >= 15 is 0 Å². The van der Waals surface area contributed by atoms with Crippen LogP contribution in [0.4, 0.5) is 0 Å². The first-order valence-electron chi connectivity index (χ1n) is 5.49. The van der Waals surface area contributed by atoms with Gasteiger partial charge in [-0.3, -0.25) is 4.79 Å². The summed E-state index contributed by atoms with van der Waals surface area (Å²) in [6.45, 7) is 2.09. The highest BCUT2D eigenvalue weighted by atomic mass is 32.2. The van der Waals surface area contributed by atoms with E-state index in [9.17, 15) is 4.79 Å². The molecule has 3 nitrogen and oxygen atoms in total. The normalized spacial score (nSPS) is 10.7. The molecular weight excluding hydrogens is 236 g/mol. The van der Waals surface area contributed by atoms with Crippen molar-refractivity contribution in [1.29, 1.82) is 0 Å². The highest BCUT2D eigenvalue weighted by Gasteiger charge is 2.06. The summed E-state index contributed by atoms with van der Waals surface area (Å²) in [6, 6.07) is 6.79. The van der Waals surface area contributed by atoms with Crippen LogP contribution in [0.25, 0.3) is 11.0 Å². The Labute approximate surface area is 104 Å². The number of benzene rings is 1. The van der Waals surface area contributed by atoms with Crippen molar-refractivity contribution in [3.63, 3.8) is 0 Å². The number of ether oxygens (including phenoxy) is 1. The van der Waals surface area contributed by atoms with E-state index in [4.69, 9.17) is 9.15 Å². The summed E-state index contributed by atoms with van der Waals surface area (Å²) in [5.74, 6) is 1.64. The Morgan fingerprint density at radius 2 is 2.18 bits per heavy atom. The molecule has 0 aliphatic carbocycles. The van der Waals surface area contributed by atoms with Crippen molar-refractivity contribution in [2.45, 2.75) is 18.4 Å². The summed E-state index contributed by atoms with van der Waals surface area (Å²) < 4.78 is 10.8. The molecule has 0 saturated carbocycles. The van der Waals surface area contributed by atoms with Gasteiger partial charge < -0.3 is 9.15 Å². The van der Waals surface area contributed by atoms with Gasteiger partial charge in [0.25, 0.3) is 0 Å². The summed E-state index contributed by atoms with van der Waals surface area (Å²) in [5.41, 5.74) is 0.572. The van der Waals surface area contributed by atoms with Gasteiger partial charge in [0, 0.05) is 17.9 Å². The van der Waals surface area contributed by atoms with E-state index in [1.807, 2.05) is 0 Å². The molecule has 17 heavy (non-hydrogen) atoms. The van der Waals surface area contributed by atoms with Crippen LogP contribution >= 0.6 is 11.8 Å². The number of hydrogen-bond donors (Lipinski definition) is 0. The molecule has 2 aromatic rings. The molecule has 2 rings (SSSR count). The Hall–Kier alpha value is -1.42. The molecule has 0 N–H and O–H groups in total. The van der Waals surface area contributed by atoms with Crippen LogP contribution in [0.2, 0.25) is 0 Å². The molecular formula is C13H14O3S. The topological polar surface area (TPSA) is 39.4 Å². The summed E-state index contributed by atoms with van der Waals surface area (Å²) in [6.07, 6.45) is 1.05. The Morgan fingerprint density at radius 1 is 1.35 bits per heavy atom. The molecule has 0 bridgehead atoms. The average Bonchev–Trinajstić information content (AvgIpc) is 2.35. The molecule has 0 amide bonds. The SMILES string of the molecule is CCCSc1cc(=O)c2ccc(OC)cc2o1. The quantitative estimate of drug-likeness (QED) is 0.780. The van der Waals surface area contributed by atoms with E-state index in [-0.39, 0.29) is 5.43 Å². The fourth-order valence-electron chi connectivity index (χ4n) is 1.51. The van der Waals surface area contributed by atoms with Crippen molar-refractivity contribution >= 4 is 22.7 Å². The van der Waals surface area contributed by atoms with Crippen molar-refractivity contribution < 1.29 is 9.15 Å².